The maximum Gasteiger partial charge on any atom is 0.276 e. The van der Waals surface area contributed by atoms with Crippen LogP contribution in [0.3, 0.4) is 0 Å². The van der Waals surface area contributed by atoms with Crippen molar-refractivity contribution in [3.63, 3.8) is 0 Å². The van der Waals surface area contributed by atoms with Crippen LogP contribution in [-0.4, -0.2) is 22.5 Å². The van der Waals surface area contributed by atoms with Gasteiger partial charge in [0, 0.05) is 0 Å². The van der Waals surface area contributed by atoms with Crippen LogP contribution in [0.1, 0.15) is 29.2 Å². The first-order valence-electron chi connectivity index (χ1n) is 9.75. The molecule has 0 saturated heterocycles. The second-order valence-corrected chi connectivity index (χ2v) is 11.1. The molecule has 3 aromatic rings. The summed E-state index contributed by atoms with van der Waals surface area (Å²) < 4.78 is 50.8. The molecule has 0 spiro atoms. The summed E-state index contributed by atoms with van der Waals surface area (Å²) in [7, 11) is -7.59. The average Bonchev–Trinajstić information content (AvgIpc) is 2.77. The first-order chi connectivity index (χ1) is 15.0. The number of hydrazone groups is 1. The van der Waals surface area contributed by atoms with Crippen LogP contribution in [0, 0.1) is 13.8 Å². The maximum atomic E-state index is 12.9. The Hall–Kier alpha value is -3.23. The van der Waals surface area contributed by atoms with Crippen molar-refractivity contribution in [1.82, 2.24) is 4.83 Å². The van der Waals surface area contributed by atoms with E-state index in [0.717, 1.165) is 11.1 Å². The molecule has 0 amide bonds. The minimum absolute atomic E-state index is 0.0451. The Morgan fingerprint density at radius 2 is 1.28 bits per heavy atom. The van der Waals surface area contributed by atoms with Gasteiger partial charge in [-0.1, -0.05) is 60.2 Å². The molecule has 3 rings (SSSR count). The van der Waals surface area contributed by atoms with E-state index in [4.69, 9.17) is 0 Å². The zero-order valence-electron chi connectivity index (χ0n) is 18.0. The lowest BCUT2D eigenvalue weighted by Crippen LogP contribution is -2.20. The van der Waals surface area contributed by atoms with Crippen LogP contribution in [0.2, 0.25) is 0 Å². The second kappa shape index (κ2) is 9.10. The standard InChI is InChI=1S/C24H24N2O4S2/c1-17-8-12-23(13-9-17)31(27,28)20(4)22-7-5-6-21(16-22)19(3)25-26-32(29,30)24-14-10-18(2)11-15-24/h5-16,26H,4H2,1-3H3/b25-19+. The molecular formula is C24H24N2O4S2. The molecular weight excluding hydrogens is 444 g/mol. The van der Waals surface area contributed by atoms with Crippen molar-refractivity contribution in [2.75, 3.05) is 0 Å². The second-order valence-electron chi connectivity index (χ2n) is 7.43. The average molecular weight is 469 g/mol. The van der Waals surface area contributed by atoms with Crippen LogP contribution in [-0.2, 0) is 19.9 Å². The van der Waals surface area contributed by atoms with Gasteiger partial charge in [0.15, 0.2) is 0 Å². The van der Waals surface area contributed by atoms with Gasteiger partial charge in [-0.2, -0.15) is 18.4 Å². The van der Waals surface area contributed by atoms with E-state index in [-0.39, 0.29) is 14.7 Å². The fraction of sp³-hybridized carbons (Fsp3) is 0.125. The molecule has 3 aromatic carbocycles. The van der Waals surface area contributed by atoms with Gasteiger partial charge in [-0.15, -0.1) is 0 Å². The highest BCUT2D eigenvalue weighted by Gasteiger charge is 2.21. The lowest BCUT2D eigenvalue weighted by Gasteiger charge is -2.10. The molecule has 0 aromatic heterocycles. The number of sulfonamides is 1. The van der Waals surface area contributed by atoms with Gasteiger partial charge in [0.05, 0.1) is 20.4 Å². The topological polar surface area (TPSA) is 92.7 Å². The first-order valence-corrected chi connectivity index (χ1v) is 12.7. The largest absolute Gasteiger partial charge is 0.276 e. The van der Waals surface area contributed by atoms with Gasteiger partial charge in [0.25, 0.3) is 10.0 Å². The number of aryl methyl sites for hydroxylation is 2. The predicted molar refractivity (Wildman–Crippen MR) is 128 cm³/mol. The Bertz CT molecular complexity index is 1390. The third-order valence-electron chi connectivity index (χ3n) is 4.92. The van der Waals surface area contributed by atoms with Crippen LogP contribution >= 0.6 is 0 Å². The number of hydrogen-bond donors (Lipinski definition) is 1. The number of nitrogens with one attached hydrogen (secondary N) is 1. The summed E-state index contributed by atoms with van der Waals surface area (Å²) in [6, 6.07) is 19.6. The minimum Gasteiger partial charge on any atom is -0.219 e. The van der Waals surface area contributed by atoms with E-state index in [1.807, 2.05) is 13.8 Å². The molecule has 0 fully saturated rings. The molecule has 0 saturated carbocycles. The van der Waals surface area contributed by atoms with Crippen molar-refractivity contribution >= 4 is 30.5 Å². The van der Waals surface area contributed by atoms with Gasteiger partial charge >= 0.3 is 0 Å². The minimum atomic E-state index is -3.82. The Morgan fingerprint density at radius 1 is 0.781 bits per heavy atom. The summed E-state index contributed by atoms with van der Waals surface area (Å²) in [5, 5.41) is 3.99. The van der Waals surface area contributed by atoms with Crippen LogP contribution in [0.5, 0.6) is 0 Å². The Morgan fingerprint density at radius 3 is 1.84 bits per heavy atom. The van der Waals surface area contributed by atoms with E-state index in [1.165, 1.54) is 12.1 Å². The number of sulfone groups is 1. The molecule has 0 aliphatic rings. The molecule has 0 atom stereocenters. The van der Waals surface area contributed by atoms with Crippen molar-refractivity contribution in [3.8, 4) is 0 Å². The highest BCUT2D eigenvalue weighted by Crippen LogP contribution is 2.27. The van der Waals surface area contributed by atoms with Crippen LogP contribution in [0.4, 0.5) is 0 Å². The molecule has 6 nitrogen and oxygen atoms in total. The number of nitrogens with zero attached hydrogens (tertiary/aromatic N) is 1. The molecule has 0 bridgehead atoms. The molecule has 0 aliphatic heterocycles. The van der Waals surface area contributed by atoms with Gasteiger partial charge in [0.2, 0.25) is 9.84 Å². The molecule has 0 aliphatic carbocycles. The van der Waals surface area contributed by atoms with E-state index >= 15 is 0 Å². The SMILES string of the molecule is C=C(c1cccc(/C(C)=N/NS(=O)(=O)c2ccc(C)cc2)c1)S(=O)(=O)c1ccc(C)cc1. The highest BCUT2D eigenvalue weighted by molar-refractivity contribution is 8.00. The molecule has 8 heteroatoms. The zero-order valence-corrected chi connectivity index (χ0v) is 19.7. The summed E-state index contributed by atoms with van der Waals surface area (Å²) in [5.41, 5.74) is 3.24. The molecule has 0 unspecified atom stereocenters. The zero-order chi connectivity index (χ0) is 23.5. The summed E-state index contributed by atoms with van der Waals surface area (Å²) in [5.74, 6) is 0. The number of hydrogen-bond acceptors (Lipinski definition) is 5. The van der Waals surface area contributed by atoms with E-state index in [2.05, 4.69) is 16.5 Å². The van der Waals surface area contributed by atoms with Crippen molar-refractivity contribution in [2.45, 2.75) is 30.6 Å². The van der Waals surface area contributed by atoms with E-state index in [9.17, 15) is 16.8 Å². The number of benzene rings is 3. The van der Waals surface area contributed by atoms with E-state index < -0.39 is 19.9 Å². The van der Waals surface area contributed by atoms with Gasteiger partial charge in [-0.3, -0.25) is 0 Å². The summed E-state index contributed by atoms with van der Waals surface area (Å²) in [4.78, 5) is 2.44. The molecule has 0 heterocycles. The molecule has 1 N–H and O–H groups in total. The van der Waals surface area contributed by atoms with Crippen molar-refractivity contribution in [3.05, 3.63) is 102 Å². The van der Waals surface area contributed by atoms with Crippen LogP contribution in [0.15, 0.2) is 94.3 Å². The Kier molecular flexibility index (Phi) is 6.66. The molecule has 166 valence electrons. The van der Waals surface area contributed by atoms with Gasteiger partial charge < -0.3 is 0 Å². The summed E-state index contributed by atoms with van der Waals surface area (Å²) in [6.45, 7) is 9.17. The predicted octanol–water partition coefficient (Wildman–Crippen LogP) is 4.45. The smallest absolute Gasteiger partial charge is 0.219 e. The third-order valence-corrected chi connectivity index (χ3v) is 7.92. The fourth-order valence-electron chi connectivity index (χ4n) is 2.90. The summed E-state index contributed by atoms with van der Waals surface area (Å²) in [6.07, 6.45) is 0. The molecule has 0 radical (unpaired) electrons. The Balaban J connectivity index is 1.85. The first kappa shape index (κ1) is 23.4. The van der Waals surface area contributed by atoms with E-state index in [0.29, 0.717) is 16.8 Å². The monoisotopic (exact) mass is 468 g/mol. The van der Waals surface area contributed by atoms with Gasteiger partial charge in [-0.05, 0) is 62.2 Å². The third kappa shape index (κ3) is 5.15. The van der Waals surface area contributed by atoms with Gasteiger partial charge in [0.1, 0.15) is 0 Å². The lowest BCUT2D eigenvalue weighted by molar-refractivity contribution is 0.584. The number of rotatable bonds is 7. The summed E-state index contributed by atoms with van der Waals surface area (Å²) >= 11 is 0. The maximum absolute atomic E-state index is 12.9. The Labute approximate surface area is 189 Å². The van der Waals surface area contributed by atoms with Crippen LogP contribution < -0.4 is 4.83 Å². The van der Waals surface area contributed by atoms with Crippen molar-refractivity contribution < 1.29 is 16.8 Å². The van der Waals surface area contributed by atoms with Crippen LogP contribution in [0.25, 0.3) is 4.91 Å². The fourth-order valence-corrected chi connectivity index (χ4v) is 4.97. The van der Waals surface area contributed by atoms with Crippen molar-refractivity contribution in [2.24, 2.45) is 5.10 Å². The van der Waals surface area contributed by atoms with E-state index in [1.54, 1.807) is 67.6 Å². The quantitative estimate of drug-likeness (QED) is 0.410. The normalized spacial score (nSPS) is 12.4. The van der Waals surface area contributed by atoms with Gasteiger partial charge in [-0.25, -0.2) is 8.42 Å². The molecule has 32 heavy (non-hydrogen) atoms. The van der Waals surface area contributed by atoms with Crippen molar-refractivity contribution in [1.29, 1.82) is 0 Å². The highest BCUT2D eigenvalue weighted by atomic mass is 32.2. The lowest BCUT2D eigenvalue weighted by atomic mass is 10.1.